The first-order chi connectivity index (χ1) is 8.33. The third-order valence-electron chi connectivity index (χ3n) is 3.52. The molecule has 1 aromatic rings. The zero-order valence-electron chi connectivity index (χ0n) is 9.78. The summed E-state index contributed by atoms with van der Waals surface area (Å²) in [6, 6.07) is 6.07. The number of carbonyl (C=O) groups excluding carboxylic acids is 1. The van der Waals surface area contributed by atoms with Gasteiger partial charge in [-0.3, -0.25) is 4.79 Å². The molecule has 0 aromatic heterocycles. The van der Waals surface area contributed by atoms with E-state index in [0.29, 0.717) is 31.3 Å². The van der Waals surface area contributed by atoms with Crippen LogP contribution in [0.3, 0.4) is 0 Å². The standard InChI is InChI=1S/C14H16O3/c15-12-3-1-2-10(8-12)11-4-5-13-14(9-11)17-7-6-16-13/h4-5,9-10H,1-3,6-8H2. The number of fused-ring (bicyclic) bond motifs is 1. The van der Waals surface area contributed by atoms with Gasteiger partial charge in [0.05, 0.1) is 0 Å². The van der Waals surface area contributed by atoms with Crippen LogP contribution in [0.5, 0.6) is 11.5 Å². The van der Waals surface area contributed by atoms with Crippen molar-refractivity contribution in [3.8, 4) is 11.5 Å². The van der Waals surface area contributed by atoms with Crippen LogP contribution in [0.1, 0.15) is 37.2 Å². The molecule has 17 heavy (non-hydrogen) atoms. The fraction of sp³-hybridized carbons (Fsp3) is 0.500. The first-order valence-electron chi connectivity index (χ1n) is 6.24. The Morgan fingerprint density at radius 2 is 1.94 bits per heavy atom. The molecular formula is C14H16O3. The van der Waals surface area contributed by atoms with E-state index in [9.17, 15) is 4.79 Å². The minimum atomic E-state index is 0.368. The zero-order chi connectivity index (χ0) is 11.7. The second-order valence-electron chi connectivity index (χ2n) is 4.74. The zero-order valence-corrected chi connectivity index (χ0v) is 9.78. The van der Waals surface area contributed by atoms with Gasteiger partial charge >= 0.3 is 0 Å². The van der Waals surface area contributed by atoms with Gasteiger partial charge in [-0.2, -0.15) is 0 Å². The molecule has 0 saturated heterocycles. The lowest BCUT2D eigenvalue weighted by Gasteiger charge is -2.24. The molecule has 0 amide bonds. The van der Waals surface area contributed by atoms with E-state index in [2.05, 4.69) is 6.07 Å². The topological polar surface area (TPSA) is 35.5 Å². The summed E-state index contributed by atoms with van der Waals surface area (Å²) in [4.78, 5) is 11.5. The number of hydrogen-bond acceptors (Lipinski definition) is 3. The minimum absolute atomic E-state index is 0.368. The van der Waals surface area contributed by atoms with Crippen molar-refractivity contribution in [2.24, 2.45) is 0 Å². The highest BCUT2D eigenvalue weighted by atomic mass is 16.6. The Morgan fingerprint density at radius 1 is 1.12 bits per heavy atom. The highest BCUT2D eigenvalue weighted by molar-refractivity contribution is 5.80. The summed E-state index contributed by atoms with van der Waals surface area (Å²) in [5, 5.41) is 0. The number of carbonyl (C=O) groups is 1. The van der Waals surface area contributed by atoms with Gasteiger partial charge in [-0.1, -0.05) is 6.07 Å². The van der Waals surface area contributed by atoms with E-state index in [0.717, 1.165) is 30.8 Å². The Balaban J connectivity index is 1.85. The van der Waals surface area contributed by atoms with Crippen LogP contribution in [0, 0.1) is 0 Å². The quantitative estimate of drug-likeness (QED) is 0.746. The Hall–Kier alpha value is -1.51. The van der Waals surface area contributed by atoms with Crippen LogP contribution in [0.4, 0.5) is 0 Å². The molecule has 1 atom stereocenters. The molecule has 2 aliphatic rings. The van der Waals surface area contributed by atoms with E-state index in [1.54, 1.807) is 0 Å². The lowest BCUT2D eigenvalue weighted by atomic mass is 9.83. The molecule has 0 bridgehead atoms. The first kappa shape index (κ1) is 10.6. The van der Waals surface area contributed by atoms with E-state index >= 15 is 0 Å². The van der Waals surface area contributed by atoms with Crippen molar-refractivity contribution in [2.75, 3.05) is 13.2 Å². The van der Waals surface area contributed by atoms with Crippen LogP contribution in [0.25, 0.3) is 0 Å². The van der Waals surface area contributed by atoms with Crippen molar-refractivity contribution < 1.29 is 14.3 Å². The SMILES string of the molecule is O=C1CCCC(c2ccc3c(c2)OCCO3)C1. The van der Waals surface area contributed by atoms with Gasteiger partial charge < -0.3 is 9.47 Å². The number of Topliss-reactive ketones (excluding diaryl/α,β-unsaturated/α-hetero) is 1. The van der Waals surface area contributed by atoms with E-state index in [1.807, 2.05) is 12.1 Å². The van der Waals surface area contributed by atoms with Crippen LogP contribution in [-0.2, 0) is 4.79 Å². The van der Waals surface area contributed by atoms with Gasteiger partial charge in [-0.25, -0.2) is 0 Å². The van der Waals surface area contributed by atoms with Gasteiger partial charge in [-0.05, 0) is 36.5 Å². The number of benzene rings is 1. The van der Waals surface area contributed by atoms with Crippen LogP contribution in [0.15, 0.2) is 18.2 Å². The molecule has 1 saturated carbocycles. The van der Waals surface area contributed by atoms with E-state index in [4.69, 9.17) is 9.47 Å². The lowest BCUT2D eigenvalue weighted by Crippen LogP contribution is -2.17. The molecule has 1 heterocycles. The van der Waals surface area contributed by atoms with Crippen LogP contribution < -0.4 is 9.47 Å². The van der Waals surface area contributed by atoms with Crippen LogP contribution in [-0.4, -0.2) is 19.0 Å². The summed E-state index contributed by atoms with van der Waals surface area (Å²) in [7, 11) is 0. The Labute approximate surface area is 101 Å². The van der Waals surface area contributed by atoms with Crippen molar-refractivity contribution in [3.05, 3.63) is 23.8 Å². The van der Waals surface area contributed by atoms with Gasteiger partial charge in [0.1, 0.15) is 19.0 Å². The predicted molar refractivity (Wildman–Crippen MR) is 63.6 cm³/mol. The van der Waals surface area contributed by atoms with E-state index in [-0.39, 0.29) is 0 Å². The summed E-state index contributed by atoms with van der Waals surface area (Å²) in [5.41, 5.74) is 1.21. The van der Waals surface area contributed by atoms with Crippen molar-refractivity contribution in [1.82, 2.24) is 0 Å². The average molecular weight is 232 g/mol. The van der Waals surface area contributed by atoms with E-state index in [1.165, 1.54) is 5.56 Å². The molecule has 1 aromatic carbocycles. The fourth-order valence-corrected chi connectivity index (χ4v) is 2.62. The molecule has 1 aliphatic carbocycles. The molecule has 0 radical (unpaired) electrons. The van der Waals surface area contributed by atoms with E-state index < -0.39 is 0 Å². The highest BCUT2D eigenvalue weighted by Gasteiger charge is 2.22. The van der Waals surface area contributed by atoms with Gasteiger partial charge in [-0.15, -0.1) is 0 Å². The first-order valence-corrected chi connectivity index (χ1v) is 6.24. The normalized spacial score (nSPS) is 23.5. The number of ether oxygens (including phenoxy) is 2. The number of hydrogen-bond donors (Lipinski definition) is 0. The van der Waals surface area contributed by atoms with Gasteiger partial charge in [0.2, 0.25) is 0 Å². The maximum Gasteiger partial charge on any atom is 0.161 e. The average Bonchev–Trinajstić information content (AvgIpc) is 2.38. The number of ketones is 1. The van der Waals surface area contributed by atoms with Crippen LogP contribution >= 0.6 is 0 Å². The highest BCUT2D eigenvalue weighted by Crippen LogP contribution is 2.37. The molecule has 3 heteroatoms. The van der Waals surface area contributed by atoms with Gasteiger partial charge in [0.25, 0.3) is 0 Å². The second kappa shape index (κ2) is 4.40. The summed E-state index contributed by atoms with van der Waals surface area (Å²) < 4.78 is 11.1. The second-order valence-corrected chi connectivity index (χ2v) is 4.74. The molecule has 1 fully saturated rings. The molecular weight excluding hydrogens is 216 g/mol. The third-order valence-corrected chi connectivity index (χ3v) is 3.52. The molecule has 1 unspecified atom stereocenters. The maximum absolute atomic E-state index is 11.5. The van der Waals surface area contributed by atoms with Gasteiger partial charge in [0.15, 0.2) is 11.5 Å². The molecule has 3 rings (SSSR count). The molecule has 90 valence electrons. The van der Waals surface area contributed by atoms with Crippen molar-refractivity contribution in [2.45, 2.75) is 31.6 Å². The summed E-state index contributed by atoms with van der Waals surface area (Å²) in [6.07, 6.45) is 3.55. The molecule has 0 spiro atoms. The summed E-state index contributed by atoms with van der Waals surface area (Å²) in [5.74, 6) is 2.40. The summed E-state index contributed by atoms with van der Waals surface area (Å²) in [6.45, 7) is 1.23. The minimum Gasteiger partial charge on any atom is -0.486 e. The predicted octanol–water partition coefficient (Wildman–Crippen LogP) is 2.68. The van der Waals surface area contributed by atoms with Crippen molar-refractivity contribution in [1.29, 1.82) is 0 Å². The van der Waals surface area contributed by atoms with Crippen LogP contribution in [0.2, 0.25) is 0 Å². The Bertz CT molecular complexity index is 439. The summed E-state index contributed by atoms with van der Waals surface area (Å²) >= 11 is 0. The largest absolute Gasteiger partial charge is 0.486 e. The van der Waals surface area contributed by atoms with Crippen molar-refractivity contribution in [3.63, 3.8) is 0 Å². The fourth-order valence-electron chi connectivity index (χ4n) is 2.62. The third kappa shape index (κ3) is 2.14. The Kier molecular flexibility index (Phi) is 2.75. The van der Waals surface area contributed by atoms with Crippen molar-refractivity contribution >= 4 is 5.78 Å². The molecule has 3 nitrogen and oxygen atoms in total. The number of rotatable bonds is 1. The molecule has 0 N–H and O–H groups in total. The lowest BCUT2D eigenvalue weighted by molar-refractivity contribution is -0.120. The molecule has 1 aliphatic heterocycles. The monoisotopic (exact) mass is 232 g/mol. The smallest absolute Gasteiger partial charge is 0.161 e. The Morgan fingerprint density at radius 3 is 2.76 bits per heavy atom. The van der Waals surface area contributed by atoms with Gasteiger partial charge in [0, 0.05) is 12.8 Å². The maximum atomic E-state index is 11.5.